The van der Waals surface area contributed by atoms with Crippen molar-refractivity contribution >= 4 is 28.8 Å². The Morgan fingerprint density at radius 3 is 2.76 bits per heavy atom. The van der Waals surface area contributed by atoms with Gasteiger partial charge in [0.2, 0.25) is 5.91 Å². The van der Waals surface area contributed by atoms with E-state index in [0.29, 0.717) is 5.57 Å². The van der Waals surface area contributed by atoms with Crippen molar-refractivity contribution < 1.29 is 9.59 Å². The standard InChI is InChI=1S/C13H10N2O2/c16-12-6-8(13(17)15-12)5-9-7-14-11-4-2-1-3-10(9)11/h1-5,7,14H,6H2,(H,15,16,17). The molecule has 1 saturated heterocycles. The molecule has 0 unspecified atom stereocenters. The quantitative estimate of drug-likeness (QED) is 0.573. The van der Waals surface area contributed by atoms with Gasteiger partial charge in [0.1, 0.15) is 0 Å². The van der Waals surface area contributed by atoms with E-state index in [1.165, 1.54) is 0 Å². The molecule has 0 atom stereocenters. The molecule has 0 saturated carbocycles. The third-order valence-electron chi connectivity index (χ3n) is 2.85. The summed E-state index contributed by atoms with van der Waals surface area (Å²) < 4.78 is 0. The van der Waals surface area contributed by atoms with Crippen LogP contribution in [0.15, 0.2) is 36.0 Å². The summed E-state index contributed by atoms with van der Waals surface area (Å²) in [5, 5.41) is 3.32. The molecule has 2 N–H and O–H groups in total. The van der Waals surface area contributed by atoms with Gasteiger partial charge in [-0.1, -0.05) is 18.2 Å². The minimum atomic E-state index is -0.291. The molecule has 17 heavy (non-hydrogen) atoms. The Morgan fingerprint density at radius 1 is 1.18 bits per heavy atom. The van der Waals surface area contributed by atoms with Gasteiger partial charge in [-0.05, 0) is 12.1 Å². The van der Waals surface area contributed by atoms with Gasteiger partial charge >= 0.3 is 0 Å². The predicted octanol–water partition coefficient (Wildman–Crippen LogP) is 1.60. The molecule has 84 valence electrons. The van der Waals surface area contributed by atoms with E-state index in [2.05, 4.69) is 10.3 Å². The summed E-state index contributed by atoms with van der Waals surface area (Å²) in [4.78, 5) is 25.6. The van der Waals surface area contributed by atoms with Crippen LogP contribution in [0.1, 0.15) is 12.0 Å². The van der Waals surface area contributed by atoms with Crippen molar-refractivity contribution in [3.63, 3.8) is 0 Å². The first-order valence-electron chi connectivity index (χ1n) is 5.35. The molecule has 0 spiro atoms. The van der Waals surface area contributed by atoms with Gasteiger partial charge in [-0.2, -0.15) is 0 Å². The Bertz CT molecular complexity index is 652. The fraction of sp³-hybridized carbons (Fsp3) is 0.0769. The highest BCUT2D eigenvalue weighted by Gasteiger charge is 2.23. The van der Waals surface area contributed by atoms with Crippen molar-refractivity contribution in [2.24, 2.45) is 0 Å². The molecule has 0 radical (unpaired) electrons. The zero-order valence-electron chi connectivity index (χ0n) is 8.99. The molecule has 1 aliphatic rings. The minimum Gasteiger partial charge on any atom is -0.361 e. The first-order valence-corrected chi connectivity index (χ1v) is 5.35. The van der Waals surface area contributed by atoms with E-state index in [1.54, 1.807) is 6.08 Å². The van der Waals surface area contributed by atoms with Crippen molar-refractivity contribution in [2.75, 3.05) is 0 Å². The number of para-hydroxylation sites is 1. The molecule has 1 aromatic carbocycles. The maximum absolute atomic E-state index is 11.4. The second-order valence-corrected chi connectivity index (χ2v) is 4.01. The number of hydrogen-bond donors (Lipinski definition) is 2. The lowest BCUT2D eigenvalue weighted by molar-refractivity contribution is -0.124. The third kappa shape index (κ3) is 1.63. The fourth-order valence-electron chi connectivity index (χ4n) is 2.02. The van der Waals surface area contributed by atoms with E-state index in [-0.39, 0.29) is 18.2 Å². The summed E-state index contributed by atoms with van der Waals surface area (Å²) in [6, 6.07) is 7.84. The molecule has 1 aliphatic heterocycles. The molecule has 4 nitrogen and oxygen atoms in total. The highest BCUT2D eigenvalue weighted by atomic mass is 16.2. The molecule has 3 rings (SSSR count). The van der Waals surface area contributed by atoms with Crippen LogP contribution in [0, 0.1) is 0 Å². The average molecular weight is 226 g/mol. The zero-order valence-corrected chi connectivity index (χ0v) is 8.99. The zero-order chi connectivity index (χ0) is 11.8. The van der Waals surface area contributed by atoms with Gasteiger partial charge in [-0.3, -0.25) is 14.9 Å². The van der Waals surface area contributed by atoms with Crippen molar-refractivity contribution in [3.05, 3.63) is 41.6 Å². The first-order chi connectivity index (χ1) is 8.24. The lowest BCUT2D eigenvalue weighted by atomic mass is 10.1. The van der Waals surface area contributed by atoms with Crippen LogP contribution in [0.5, 0.6) is 0 Å². The average Bonchev–Trinajstić information content (AvgIpc) is 2.85. The molecule has 1 aromatic heterocycles. The van der Waals surface area contributed by atoms with E-state index in [9.17, 15) is 9.59 Å². The first kappa shape index (κ1) is 9.84. The lowest BCUT2D eigenvalue weighted by Gasteiger charge is -1.93. The maximum atomic E-state index is 11.4. The van der Waals surface area contributed by atoms with Gasteiger partial charge in [0.25, 0.3) is 5.91 Å². The van der Waals surface area contributed by atoms with E-state index in [1.807, 2.05) is 30.5 Å². The number of H-pyrrole nitrogens is 1. The summed E-state index contributed by atoms with van der Waals surface area (Å²) in [5.41, 5.74) is 2.46. The lowest BCUT2D eigenvalue weighted by Crippen LogP contribution is -2.19. The van der Waals surface area contributed by atoms with Crippen LogP contribution < -0.4 is 5.32 Å². The number of aromatic amines is 1. The van der Waals surface area contributed by atoms with Crippen LogP contribution in [0.3, 0.4) is 0 Å². The van der Waals surface area contributed by atoms with Crippen molar-refractivity contribution in [3.8, 4) is 0 Å². The van der Waals surface area contributed by atoms with E-state index >= 15 is 0 Å². The van der Waals surface area contributed by atoms with Gasteiger partial charge in [0.05, 0.1) is 6.42 Å². The van der Waals surface area contributed by atoms with Crippen molar-refractivity contribution in [1.82, 2.24) is 10.3 Å². The second-order valence-electron chi connectivity index (χ2n) is 4.01. The van der Waals surface area contributed by atoms with Crippen LogP contribution in [0.2, 0.25) is 0 Å². The summed E-state index contributed by atoms with van der Waals surface area (Å²) >= 11 is 0. The molecule has 0 bridgehead atoms. The monoisotopic (exact) mass is 226 g/mol. The van der Waals surface area contributed by atoms with Gasteiger partial charge in [-0.25, -0.2) is 0 Å². The van der Waals surface area contributed by atoms with Crippen LogP contribution in [0.4, 0.5) is 0 Å². The van der Waals surface area contributed by atoms with Crippen molar-refractivity contribution in [2.45, 2.75) is 6.42 Å². The number of aromatic nitrogens is 1. The number of rotatable bonds is 1. The van der Waals surface area contributed by atoms with Gasteiger partial charge in [0.15, 0.2) is 0 Å². The van der Waals surface area contributed by atoms with Crippen molar-refractivity contribution in [1.29, 1.82) is 0 Å². The minimum absolute atomic E-state index is 0.165. The van der Waals surface area contributed by atoms with Gasteiger partial charge in [0, 0.05) is 28.2 Å². The Kier molecular flexibility index (Phi) is 2.08. The number of nitrogens with one attached hydrogen (secondary N) is 2. The maximum Gasteiger partial charge on any atom is 0.254 e. The van der Waals surface area contributed by atoms with Crippen LogP contribution in [-0.2, 0) is 9.59 Å². The van der Waals surface area contributed by atoms with Gasteiger partial charge < -0.3 is 4.98 Å². The fourth-order valence-corrected chi connectivity index (χ4v) is 2.02. The second kappa shape index (κ2) is 3.59. The number of amides is 2. The number of carbonyl (C=O) groups excluding carboxylic acids is 2. The Balaban J connectivity index is 2.08. The largest absolute Gasteiger partial charge is 0.361 e. The molecular formula is C13H10N2O2. The van der Waals surface area contributed by atoms with Crippen LogP contribution in [0.25, 0.3) is 17.0 Å². The molecule has 2 aromatic rings. The highest BCUT2D eigenvalue weighted by Crippen LogP contribution is 2.22. The van der Waals surface area contributed by atoms with Crippen LogP contribution in [-0.4, -0.2) is 16.8 Å². The van der Waals surface area contributed by atoms with E-state index in [4.69, 9.17) is 0 Å². The molecule has 0 aliphatic carbocycles. The van der Waals surface area contributed by atoms with Crippen LogP contribution >= 0.6 is 0 Å². The van der Waals surface area contributed by atoms with E-state index in [0.717, 1.165) is 16.5 Å². The Labute approximate surface area is 97.3 Å². The number of fused-ring (bicyclic) bond motifs is 1. The smallest absolute Gasteiger partial charge is 0.254 e. The summed E-state index contributed by atoms with van der Waals surface area (Å²) in [5.74, 6) is -0.527. The number of carbonyl (C=O) groups is 2. The SMILES string of the molecule is O=C1CC(=Cc2c[nH]c3ccccc23)C(=O)N1. The molecule has 4 heteroatoms. The predicted molar refractivity (Wildman–Crippen MR) is 64.0 cm³/mol. The Hall–Kier alpha value is -2.36. The number of imide groups is 1. The normalized spacial score (nSPS) is 18.0. The molecule has 2 heterocycles. The highest BCUT2D eigenvalue weighted by molar-refractivity contribution is 6.16. The number of hydrogen-bond acceptors (Lipinski definition) is 2. The summed E-state index contributed by atoms with van der Waals surface area (Å²) in [6.07, 6.45) is 3.77. The summed E-state index contributed by atoms with van der Waals surface area (Å²) in [7, 11) is 0. The molecule has 2 amide bonds. The van der Waals surface area contributed by atoms with E-state index < -0.39 is 0 Å². The topological polar surface area (TPSA) is 62.0 Å². The summed E-state index contributed by atoms with van der Waals surface area (Å²) in [6.45, 7) is 0. The molecule has 1 fully saturated rings. The third-order valence-corrected chi connectivity index (χ3v) is 2.85. The Morgan fingerprint density at radius 2 is 2.00 bits per heavy atom. The van der Waals surface area contributed by atoms with Gasteiger partial charge in [-0.15, -0.1) is 0 Å². The molecular weight excluding hydrogens is 216 g/mol. The number of benzene rings is 1.